The molecule has 0 radical (unpaired) electrons. The molecule has 1 aromatic carbocycles. The topological polar surface area (TPSA) is 49.0 Å². The number of aryl methyl sites for hydroxylation is 4. The minimum Gasteiger partial charge on any atom is -0.375 e. The number of alkyl halides is 1. The van der Waals surface area contributed by atoms with Crippen LogP contribution in [0.25, 0.3) is 22.0 Å². The third-order valence-corrected chi connectivity index (χ3v) is 6.54. The summed E-state index contributed by atoms with van der Waals surface area (Å²) in [5.41, 5.74) is 5.58. The second kappa shape index (κ2) is 9.02. The minimum absolute atomic E-state index is 0.283. The maximum Gasteiger partial charge on any atom is 0.166 e. The van der Waals surface area contributed by atoms with Crippen molar-refractivity contribution < 1.29 is 13.9 Å². The van der Waals surface area contributed by atoms with Gasteiger partial charge in [-0.05, 0) is 49.8 Å². The summed E-state index contributed by atoms with van der Waals surface area (Å²) in [6.45, 7) is 3.72. The Balaban J connectivity index is 2.12. The number of aromatic nitrogens is 3. The van der Waals surface area contributed by atoms with Gasteiger partial charge < -0.3 is 9.30 Å². The van der Waals surface area contributed by atoms with Crippen molar-refractivity contribution in [2.45, 2.75) is 52.2 Å². The second-order valence-corrected chi connectivity index (χ2v) is 8.54. The largest absolute Gasteiger partial charge is 0.375 e. The molecule has 7 heteroatoms. The molecule has 4 rings (SSSR count). The van der Waals surface area contributed by atoms with Crippen LogP contribution in [0.2, 0.25) is 0 Å². The van der Waals surface area contributed by atoms with E-state index in [4.69, 9.17) is 4.74 Å². The molecule has 30 heavy (non-hydrogen) atoms. The first-order valence-corrected chi connectivity index (χ1v) is 11.7. The van der Waals surface area contributed by atoms with Crippen molar-refractivity contribution in [3.8, 4) is 11.1 Å². The maximum absolute atomic E-state index is 15.5. The van der Waals surface area contributed by atoms with Gasteiger partial charge in [-0.1, -0.05) is 22.9 Å². The lowest BCUT2D eigenvalue weighted by atomic mass is 9.97. The average molecular weight is 476 g/mol. The third-order valence-electron chi connectivity index (χ3n) is 5.98. The van der Waals surface area contributed by atoms with E-state index in [1.165, 1.54) is 6.07 Å². The normalized spacial score (nSPS) is 14.5. The van der Waals surface area contributed by atoms with E-state index < -0.39 is 0 Å². The molecule has 0 saturated heterocycles. The smallest absolute Gasteiger partial charge is 0.166 e. The lowest BCUT2D eigenvalue weighted by Crippen LogP contribution is -2.06. The Morgan fingerprint density at radius 2 is 2.13 bits per heavy atom. The van der Waals surface area contributed by atoms with Gasteiger partial charge in [-0.3, -0.25) is 9.48 Å². The summed E-state index contributed by atoms with van der Waals surface area (Å²) < 4.78 is 25.2. The zero-order valence-electron chi connectivity index (χ0n) is 17.5. The molecule has 0 saturated carbocycles. The van der Waals surface area contributed by atoms with E-state index in [1.807, 2.05) is 29.3 Å². The molecule has 0 N–H and O–H groups in total. The van der Waals surface area contributed by atoms with Gasteiger partial charge in [0, 0.05) is 42.0 Å². The molecule has 0 unspecified atom stereocenters. The van der Waals surface area contributed by atoms with Crippen LogP contribution in [0.5, 0.6) is 0 Å². The SMILES string of the molecule is CCc1nn(C)c2c1-c1c(F)ccc3c(CCCBr)c(C=O)n(c13)CCCCOC2. The van der Waals surface area contributed by atoms with Gasteiger partial charge in [-0.25, -0.2) is 4.39 Å². The predicted octanol–water partition coefficient (Wildman–Crippen LogP) is 5.19. The molecule has 0 atom stereocenters. The number of carbonyl (C=O) groups excluding carboxylic acids is 1. The van der Waals surface area contributed by atoms with Crippen LogP contribution in [0.3, 0.4) is 0 Å². The maximum atomic E-state index is 15.5. The third kappa shape index (κ3) is 3.52. The van der Waals surface area contributed by atoms with E-state index in [9.17, 15) is 4.79 Å². The number of ether oxygens (including phenoxy) is 1. The molecule has 2 aromatic heterocycles. The van der Waals surface area contributed by atoms with E-state index in [2.05, 4.69) is 21.0 Å². The number of benzene rings is 1. The molecule has 5 nitrogen and oxygen atoms in total. The molecule has 0 aliphatic carbocycles. The van der Waals surface area contributed by atoms with E-state index in [1.54, 1.807) is 0 Å². The fourth-order valence-corrected chi connectivity index (χ4v) is 4.87. The number of hydrogen-bond acceptors (Lipinski definition) is 3. The van der Waals surface area contributed by atoms with Crippen molar-refractivity contribution in [1.29, 1.82) is 0 Å². The minimum atomic E-state index is -0.283. The highest BCUT2D eigenvalue weighted by Gasteiger charge is 2.27. The quantitative estimate of drug-likeness (QED) is 0.376. The summed E-state index contributed by atoms with van der Waals surface area (Å²) in [7, 11) is 1.89. The molecule has 1 aliphatic heterocycles. The Morgan fingerprint density at radius 1 is 1.30 bits per heavy atom. The number of hydrogen-bond donors (Lipinski definition) is 0. The predicted molar refractivity (Wildman–Crippen MR) is 120 cm³/mol. The first-order valence-electron chi connectivity index (χ1n) is 10.6. The van der Waals surface area contributed by atoms with Crippen LogP contribution >= 0.6 is 15.9 Å². The number of rotatable bonds is 5. The summed E-state index contributed by atoms with van der Waals surface area (Å²) >= 11 is 3.50. The number of fused-ring (bicyclic) bond motifs is 2. The number of carbonyl (C=O) groups is 1. The van der Waals surface area contributed by atoms with E-state index >= 15 is 4.39 Å². The summed E-state index contributed by atoms with van der Waals surface area (Å²) in [6.07, 6.45) is 5.07. The van der Waals surface area contributed by atoms with Gasteiger partial charge in [0.15, 0.2) is 6.29 Å². The molecule has 3 heterocycles. The van der Waals surface area contributed by atoms with Gasteiger partial charge in [-0.15, -0.1) is 0 Å². The summed E-state index contributed by atoms with van der Waals surface area (Å²) in [5.74, 6) is -0.283. The molecule has 1 aliphatic rings. The first kappa shape index (κ1) is 21.2. The van der Waals surface area contributed by atoms with Crippen LogP contribution in [0.4, 0.5) is 4.39 Å². The van der Waals surface area contributed by atoms with Crippen molar-refractivity contribution in [3.05, 3.63) is 40.6 Å². The Labute approximate surface area is 184 Å². The van der Waals surface area contributed by atoms with E-state index in [-0.39, 0.29) is 5.82 Å². The zero-order chi connectivity index (χ0) is 21.3. The molecule has 160 valence electrons. The molecule has 0 fully saturated rings. The summed E-state index contributed by atoms with van der Waals surface area (Å²) in [4.78, 5) is 12.2. The molecular formula is C23H27BrFN3O2. The standard InChI is InChI=1S/C23H27BrFN3O2/c1-3-18-22-20(27(2)26-18)14-30-12-5-4-11-28-19(13-29)15(7-6-10-24)16-8-9-17(25)21(22)23(16)28/h8-9,13H,3-7,10-12,14H2,1-2H3. The Kier molecular flexibility index (Phi) is 6.39. The molecule has 3 aromatic rings. The molecule has 0 spiro atoms. The van der Waals surface area contributed by atoms with Gasteiger partial charge in [0.1, 0.15) is 5.82 Å². The van der Waals surface area contributed by atoms with Crippen molar-refractivity contribution >= 4 is 33.1 Å². The first-order chi connectivity index (χ1) is 14.6. The van der Waals surface area contributed by atoms with Crippen molar-refractivity contribution in [2.24, 2.45) is 7.05 Å². The van der Waals surface area contributed by atoms with Crippen molar-refractivity contribution in [2.75, 3.05) is 11.9 Å². The van der Waals surface area contributed by atoms with Crippen molar-refractivity contribution in [1.82, 2.24) is 14.3 Å². The second-order valence-electron chi connectivity index (χ2n) is 7.75. The van der Waals surface area contributed by atoms with Gasteiger partial charge in [0.2, 0.25) is 0 Å². The Morgan fingerprint density at radius 3 is 2.87 bits per heavy atom. The van der Waals surface area contributed by atoms with Gasteiger partial charge in [0.05, 0.1) is 29.2 Å². The van der Waals surface area contributed by atoms with Crippen LogP contribution < -0.4 is 0 Å². The van der Waals surface area contributed by atoms with Crippen LogP contribution in [0.15, 0.2) is 12.1 Å². The fourth-order valence-electron chi connectivity index (χ4n) is 4.59. The highest BCUT2D eigenvalue weighted by Crippen LogP contribution is 2.40. The lowest BCUT2D eigenvalue weighted by Gasteiger charge is -2.13. The lowest BCUT2D eigenvalue weighted by molar-refractivity contribution is 0.110. The summed E-state index contributed by atoms with van der Waals surface area (Å²) in [6, 6.07) is 3.37. The average Bonchev–Trinajstić information content (AvgIpc) is 3.21. The number of aldehydes is 1. The van der Waals surface area contributed by atoms with Crippen molar-refractivity contribution in [3.63, 3.8) is 0 Å². The highest BCUT2D eigenvalue weighted by molar-refractivity contribution is 9.09. The van der Waals surface area contributed by atoms with Crippen LogP contribution in [0.1, 0.15) is 53.6 Å². The van der Waals surface area contributed by atoms with Crippen LogP contribution in [-0.4, -0.2) is 32.6 Å². The zero-order valence-corrected chi connectivity index (χ0v) is 19.1. The van der Waals surface area contributed by atoms with Crippen LogP contribution in [0, 0.1) is 5.82 Å². The van der Waals surface area contributed by atoms with Gasteiger partial charge in [-0.2, -0.15) is 5.10 Å². The Hall–Kier alpha value is -1.99. The van der Waals surface area contributed by atoms with Gasteiger partial charge in [0.25, 0.3) is 0 Å². The monoisotopic (exact) mass is 475 g/mol. The van der Waals surface area contributed by atoms with E-state index in [0.29, 0.717) is 37.4 Å². The van der Waals surface area contributed by atoms with E-state index in [0.717, 1.165) is 70.7 Å². The highest BCUT2D eigenvalue weighted by atomic mass is 79.9. The fraction of sp³-hybridized carbons (Fsp3) is 0.478. The Bertz CT molecular complexity index is 1090. The molecule has 0 amide bonds. The molecule has 0 bridgehead atoms. The number of halogens is 2. The number of nitrogens with zero attached hydrogens (tertiary/aromatic N) is 3. The summed E-state index contributed by atoms with van der Waals surface area (Å²) in [5, 5.41) is 6.49. The van der Waals surface area contributed by atoms with Crippen LogP contribution in [-0.2, 0) is 37.8 Å². The van der Waals surface area contributed by atoms with Gasteiger partial charge >= 0.3 is 0 Å². The molecular weight excluding hydrogens is 449 g/mol.